The van der Waals surface area contributed by atoms with Gasteiger partial charge in [0.1, 0.15) is 11.9 Å². The summed E-state index contributed by atoms with van der Waals surface area (Å²) >= 11 is 17.5. The molecule has 0 spiro atoms. The van der Waals surface area contributed by atoms with Crippen molar-refractivity contribution in [2.45, 2.75) is 0 Å². The predicted molar refractivity (Wildman–Crippen MR) is 69.3 cm³/mol. The van der Waals surface area contributed by atoms with Crippen molar-refractivity contribution in [3.05, 3.63) is 39.2 Å². The zero-order valence-corrected chi connectivity index (χ0v) is 10.9. The zero-order valence-electron chi connectivity index (χ0n) is 8.65. The number of hydrogen-bond acceptors (Lipinski definition) is 5. The Morgan fingerprint density at radius 2 is 1.94 bits per heavy atom. The maximum absolute atomic E-state index is 8.70. The minimum Gasteiger partial charge on any atom is -0.336 e. The van der Waals surface area contributed by atoms with E-state index < -0.39 is 0 Å². The second kappa shape index (κ2) is 5.36. The highest BCUT2D eigenvalue weighted by atomic mass is 35.5. The molecule has 0 unspecified atom stereocenters. The van der Waals surface area contributed by atoms with Crippen molar-refractivity contribution in [3.63, 3.8) is 0 Å². The van der Waals surface area contributed by atoms with Crippen molar-refractivity contribution in [2.75, 3.05) is 5.32 Å². The number of pyridine rings is 1. The van der Waals surface area contributed by atoms with E-state index in [9.17, 15) is 0 Å². The standard InChI is InChI=1S/C10H4Cl3N5/c11-6-1-5(3-14)4-15-10(6)16-7-2-8(12)17-18-9(7)13/h1-2,4H,(H,15,16,17). The molecular weight excluding hydrogens is 297 g/mol. The molecule has 0 aliphatic heterocycles. The highest BCUT2D eigenvalue weighted by Gasteiger charge is 2.08. The first-order chi connectivity index (χ1) is 8.60. The van der Waals surface area contributed by atoms with Gasteiger partial charge in [-0.25, -0.2) is 4.98 Å². The summed E-state index contributed by atoms with van der Waals surface area (Å²) in [7, 11) is 0. The molecule has 0 aliphatic carbocycles. The molecule has 2 aromatic heterocycles. The normalized spacial score (nSPS) is 9.89. The summed E-state index contributed by atoms with van der Waals surface area (Å²) in [6.07, 6.45) is 1.39. The first-order valence-corrected chi connectivity index (χ1v) is 5.75. The Morgan fingerprint density at radius 3 is 2.61 bits per heavy atom. The maximum Gasteiger partial charge on any atom is 0.175 e. The predicted octanol–water partition coefficient (Wildman–Crippen LogP) is 3.45. The van der Waals surface area contributed by atoms with Crippen LogP contribution in [-0.2, 0) is 0 Å². The van der Waals surface area contributed by atoms with Crippen molar-refractivity contribution in [2.24, 2.45) is 0 Å². The summed E-state index contributed by atoms with van der Waals surface area (Å²) in [6.45, 7) is 0. The van der Waals surface area contributed by atoms with Crippen LogP contribution >= 0.6 is 34.8 Å². The Hall–Kier alpha value is -1.61. The summed E-state index contributed by atoms with van der Waals surface area (Å²) in [5.74, 6) is 0.349. The Labute approximate surface area is 117 Å². The number of anilines is 2. The molecule has 0 aliphatic rings. The van der Waals surface area contributed by atoms with Gasteiger partial charge in [-0.1, -0.05) is 34.8 Å². The molecule has 0 saturated carbocycles. The monoisotopic (exact) mass is 299 g/mol. The number of aromatic nitrogens is 3. The smallest absolute Gasteiger partial charge is 0.175 e. The van der Waals surface area contributed by atoms with Crippen LogP contribution < -0.4 is 5.32 Å². The van der Waals surface area contributed by atoms with Gasteiger partial charge < -0.3 is 5.32 Å². The van der Waals surface area contributed by atoms with Crippen LogP contribution in [0.4, 0.5) is 11.5 Å². The zero-order chi connectivity index (χ0) is 13.1. The average molecular weight is 301 g/mol. The van der Waals surface area contributed by atoms with Gasteiger partial charge in [-0.2, -0.15) is 5.26 Å². The molecular formula is C10H4Cl3N5. The molecule has 0 radical (unpaired) electrons. The van der Waals surface area contributed by atoms with Crippen molar-refractivity contribution >= 4 is 46.3 Å². The summed E-state index contributed by atoms with van der Waals surface area (Å²) in [5.41, 5.74) is 0.790. The summed E-state index contributed by atoms with van der Waals surface area (Å²) in [6, 6.07) is 4.92. The number of nitriles is 1. The molecule has 1 N–H and O–H groups in total. The lowest BCUT2D eigenvalue weighted by Crippen LogP contribution is -1.98. The summed E-state index contributed by atoms with van der Waals surface area (Å²) < 4.78 is 0. The third kappa shape index (κ3) is 2.79. The van der Waals surface area contributed by atoms with E-state index in [4.69, 9.17) is 40.1 Å². The van der Waals surface area contributed by atoms with Gasteiger partial charge in [-0.05, 0) is 6.07 Å². The van der Waals surface area contributed by atoms with Gasteiger partial charge in [0.25, 0.3) is 0 Å². The van der Waals surface area contributed by atoms with E-state index in [0.717, 1.165) is 0 Å². The van der Waals surface area contributed by atoms with Crippen molar-refractivity contribution < 1.29 is 0 Å². The minimum absolute atomic E-state index is 0.140. The molecule has 0 fully saturated rings. The third-order valence-corrected chi connectivity index (χ3v) is 2.69. The molecule has 5 nitrogen and oxygen atoms in total. The van der Waals surface area contributed by atoms with Gasteiger partial charge in [0.15, 0.2) is 10.3 Å². The van der Waals surface area contributed by atoms with E-state index in [2.05, 4.69) is 20.5 Å². The van der Waals surface area contributed by atoms with Crippen LogP contribution in [0.25, 0.3) is 0 Å². The van der Waals surface area contributed by atoms with Crippen molar-refractivity contribution in [1.82, 2.24) is 15.2 Å². The molecule has 0 saturated heterocycles. The van der Waals surface area contributed by atoms with Crippen molar-refractivity contribution in [3.8, 4) is 6.07 Å². The second-order valence-corrected chi connectivity index (χ2v) is 4.32. The largest absolute Gasteiger partial charge is 0.336 e. The number of nitrogens with zero attached hydrogens (tertiary/aromatic N) is 4. The van der Waals surface area contributed by atoms with Crippen LogP contribution in [0.5, 0.6) is 0 Å². The number of rotatable bonds is 2. The number of hydrogen-bond donors (Lipinski definition) is 1. The Kier molecular flexibility index (Phi) is 3.82. The van der Waals surface area contributed by atoms with E-state index in [1.807, 2.05) is 6.07 Å². The lowest BCUT2D eigenvalue weighted by molar-refractivity contribution is 1.03. The molecule has 0 bridgehead atoms. The maximum atomic E-state index is 8.70. The Balaban J connectivity index is 2.34. The summed E-state index contributed by atoms with van der Waals surface area (Å²) in [5, 5.41) is 19.4. The van der Waals surface area contributed by atoms with Gasteiger partial charge >= 0.3 is 0 Å². The topological polar surface area (TPSA) is 74.5 Å². The molecule has 2 rings (SSSR count). The molecule has 90 valence electrons. The third-order valence-electron chi connectivity index (χ3n) is 1.94. The first-order valence-electron chi connectivity index (χ1n) is 4.61. The Morgan fingerprint density at radius 1 is 1.17 bits per heavy atom. The highest BCUT2D eigenvalue weighted by molar-refractivity contribution is 6.34. The second-order valence-electron chi connectivity index (χ2n) is 3.16. The number of nitrogens with one attached hydrogen (secondary N) is 1. The fourth-order valence-electron chi connectivity index (χ4n) is 1.16. The molecule has 8 heteroatoms. The molecule has 0 atom stereocenters. The molecule has 2 heterocycles. The van der Waals surface area contributed by atoms with Gasteiger partial charge in [0.05, 0.1) is 16.3 Å². The van der Waals surface area contributed by atoms with Gasteiger partial charge in [-0.3, -0.25) is 0 Å². The molecule has 18 heavy (non-hydrogen) atoms. The number of halogens is 3. The SMILES string of the molecule is N#Cc1cnc(Nc2cc(Cl)nnc2Cl)c(Cl)c1. The van der Waals surface area contributed by atoms with Crippen LogP contribution in [-0.4, -0.2) is 15.2 Å². The van der Waals surface area contributed by atoms with E-state index in [1.54, 1.807) is 0 Å². The fraction of sp³-hybridized carbons (Fsp3) is 0. The minimum atomic E-state index is 0.140. The van der Waals surface area contributed by atoms with Gasteiger partial charge in [0, 0.05) is 12.3 Å². The van der Waals surface area contributed by atoms with Crippen LogP contribution in [0.1, 0.15) is 5.56 Å². The quantitative estimate of drug-likeness (QED) is 0.919. The van der Waals surface area contributed by atoms with Crippen LogP contribution in [0, 0.1) is 11.3 Å². The van der Waals surface area contributed by atoms with E-state index in [0.29, 0.717) is 17.1 Å². The Bertz CT molecular complexity index is 638. The lowest BCUT2D eigenvalue weighted by Gasteiger charge is -2.08. The van der Waals surface area contributed by atoms with E-state index in [-0.39, 0.29) is 15.3 Å². The molecule has 2 aromatic rings. The lowest BCUT2D eigenvalue weighted by atomic mass is 10.3. The van der Waals surface area contributed by atoms with Gasteiger partial charge in [-0.15, -0.1) is 10.2 Å². The van der Waals surface area contributed by atoms with E-state index in [1.165, 1.54) is 18.3 Å². The average Bonchev–Trinajstić information content (AvgIpc) is 2.36. The molecule has 0 aromatic carbocycles. The van der Waals surface area contributed by atoms with Crippen LogP contribution in [0.3, 0.4) is 0 Å². The fourth-order valence-corrected chi connectivity index (χ4v) is 1.66. The first kappa shape index (κ1) is 12.8. The highest BCUT2D eigenvalue weighted by Crippen LogP contribution is 2.28. The van der Waals surface area contributed by atoms with Crippen molar-refractivity contribution in [1.29, 1.82) is 5.26 Å². The van der Waals surface area contributed by atoms with Gasteiger partial charge in [0.2, 0.25) is 0 Å². The molecule has 0 amide bonds. The van der Waals surface area contributed by atoms with Crippen LogP contribution in [0.15, 0.2) is 18.3 Å². The summed E-state index contributed by atoms with van der Waals surface area (Å²) in [4.78, 5) is 4.00. The van der Waals surface area contributed by atoms with E-state index >= 15 is 0 Å². The van der Waals surface area contributed by atoms with Crippen LogP contribution in [0.2, 0.25) is 15.3 Å².